The van der Waals surface area contributed by atoms with Gasteiger partial charge in [-0.3, -0.25) is 9.59 Å². The zero-order valence-electron chi connectivity index (χ0n) is 21.7. The number of phenols is 1. The van der Waals surface area contributed by atoms with Gasteiger partial charge in [0.1, 0.15) is 12.4 Å². The molecule has 0 spiro atoms. The molecule has 0 bridgehead atoms. The number of phenolic OH excluding ortho intramolecular Hbond substituents is 1. The minimum Gasteiger partial charge on any atom is -0.508 e. The maximum Gasteiger partial charge on any atom is 0.355 e. The van der Waals surface area contributed by atoms with Gasteiger partial charge in [0.15, 0.2) is 0 Å². The van der Waals surface area contributed by atoms with Gasteiger partial charge in [-0.15, -0.1) is 0 Å². The van der Waals surface area contributed by atoms with E-state index in [1.807, 2.05) is 6.92 Å². The third-order valence-electron chi connectivity index (χ3n) is 7.21. The molecule has 2 aromatic heterocycles. The number of nitrogens with zero attached hydrogens (tertiary/aromatic N) is 2. The van der Waals surface area contributed by atoms with Gasteiger partial charge in [0.25, 0.3) is 5.56 Å². The lowest BCUT2D eigenvalue weighted by molar-refractivity contribution is -0.189. The van der Waals surface area contributed by atoms with Crippen molar-refractivity contribution in [3.63, 3.8) is 0 Å². The monoisotopic (exact) mass is 554 g/mol. The number of hydrogen-bond acceptors (Lipinski definition) is 9. The summed E-state index contributed by atoms with van der Waals surface area (Å²) in [4.78, 5) is 44.6. The van der Waals surface area contributed by atoms with E-state index in [1.54, 1.807) is 57.3 Å². The number of pyridine rings is 2. The summed E-state index contributed by atoms with van der Waals surface area (Å²) in [5.74, 6) is 0.806. The van der Waals surface area contributed by atoms with E-state index in [2.05, 4.69) is 6.92 Å². The summed E-state index contributed by atoms with van der Waals surface area (Å²) in [7, 11) is 3.44. The van der Waals surface area contributed by atoms with Crippen LogP contribution in [0.25, 0.3) is 22.3 Å². The Labute approximate surface area is 228 Å². The van der Waals surface area contributed by atoms with Gasteiger partial charge in [0, 0.05) is 34.4 Å². The fourth-order valence-corrected chi connectivity index (χ4v) is 7.13. The van der Waals surface area contributed by atoms with Crippen LogP contribution in [0.3, 0.4) is 0 Å². The first-order valence-corrected chi connectivity index (χ1v) is 15.4. The standard InChI is InChI=1S/C28H30N2O6S2/c1-4-17-18-12-16(31)9-10-22(18)29-25-19(17)14-30-23(25)13-21-20(26(30)33)15-35-27(34)28(21,5-2)36-24(32)8-7-11-38-37-6-3/h9-10,12-13,31H,4-8,11,14-15H2,1-3H3/t28-/m0/s1. The van der Waals surface area contributed by atoms with Crippen LogP contribution >= 0.6 is 21.6 Å². The van der Waals surface area contributed by atoms with E-state index in [0.717, 1.165) is 28.0 Å². The van der Waals surface area contributed by atoms with E-state index < -0.39 is 17.5 Å². The van der Waals surface area contributed by atoms with Crippen LogP contribution in [0.1, 0.15) is 62.3 Å². The fraction of sp³-hybridized carbons (Fsp3) is 0.429. The second-order valence-electron chi connectivity index (χ2n) is 9.35. The summed E-state index contributed by atoms with van der Waals surface area (Å²) in [6.07, 6.45) is 1.64. The van der Waals surface area contributed by atoms with Crippen LogP contribution < -0.4 is 5.56 Å². The number of benzene rings is 1. The molecular formula is C28H30N2O6S2. The Balaban J connectivity index is 1.59. The summed E-state index contributed by atoms with van der Waals surface area (Å²) >= 11 is 0. The molecule has 1 aromatic carbocycles. The fourth-order valence-electron chi connectivity index (χ4n) is 5.37. The number of rotatable bonds is 9. The average molecular weight is 555 g/mol. The molecule has 0 radical (unpaired) electrons. The van der Waals surface area contributed by atoms with Gasteiger partial charge in [-0.25, -0.2) is 9.78 Å². The van der Waals surface area contributed by atoms with E-state index >= 15 is 0 Å². The zero-order valence-corrected chi connectivity index (χ0v) is 23.3. The third-order valence-corrected chi connectivity index (χ3v) is 9.77. The molecule has 2 aliphatic rings. The summed E-state index contributed by atoms with van der Waals surface area (Å²) < 4.78 is 13.0. The predicted octanol–water partition coefficient (Wildman–Crippen LogP) is 5.08. The smallest absolute Gasteiger partial charge is 0.355 e. The van der Waals surface area contributed by atoms with Crippen molar-refractivity contribution in [2.75, 3.05) is 11.5 Å². The first-order chi connectivity index (χ1) is 18.3. The van der Waals surface area contributed by atoms with Crippen LogP contribution in [-0.2, 0) is 44.2 Å². The molecule has 1 atom stereocenters. The highest BCUT2D eigenvalue weighted by molar-refractivity contribution is 8.76. The lowest BCUT2D eigenvalue weighted by Crippen LogP contribution is -2.47. The Hall–Kier alpha value is -2.98. The van der Waals surface area contributed by atoms with Crippen LogP contribution in [0.2, 0.25) is 0 Å². The molecule has 8 nitrogen and oxygen atoms in total. The van der Waals surface area contributed by atoms with E-state index in [1.165, 1.54) is 0 Å². The third kappa shape index (κ3) is 4.37. The maximum absolute atomic E-state index is 13.7. The second-order valence-corrected chi connectivity index (χ2v) is 12.2. The van der Waals surface area contributed by atoms with E-state index in [9.17, 15) is 19.5 Å². The highest BCUT2D eigenvalue weighted by Gasteiger charge is 2.50. The Morgan fingerprint density at radius 2 is 2.00 bits per heavy atom. The number of ether oxygens (including phenoxy) is 2. The summed E-state index contributed by atoms with van der Waals surface area (Å²) in [5.41, 5.74) is 2.65. The van der Waals surface area contributed by atoms with Crippen LogP contribution in [0.15, 0.2) is 29.1 Å². The van der Waals surface area contributed by atoms with Crippen molar-refractivity contribution in [1.82, 2.24) is 9.55 Å². The zero-order chi connectivity index (χ0) is 27.0. The lowest BCUT2D eigenvalue weighted by atomic mass is 9.85. The molecule has 0 fully saturated rings. The van der Waals surface area contributed by atoms with Crippen molar-refractivity contribution in [2.45, 2.75) is 65.2 Å². The molecule has 10 heteroatoms. The first-order valence-electron chi connectivity index (χ1n) is 12.9. The van der Waals surface area contributed by atoms with Gasteiger partial charge in [0.05, 0.1) is 29.0 Å². The molecule has 5 rings (SSSR count). The highest BCUT2D eigenvalue weighted by atomic mass is 33.1. The average Bonchev–Trinajstić information content (AvgIpc) is 3.27. The summed E-state index contributed by atoms with van der Waals surface area (Å²) in [6.45, 7) is 6.02. The first kappa shape index (κ1) is 26.6. The van der Waals surface area contributed by atoms with Gasteiger partial charge in [-0.05, 0) is 49.1 Å². The predicted molar refractivity (Wildman–Crippen MR) is 149 cm³/mol. The molecule has 3 aromatic rings. The lowest BCUT2D eigenvalue weighted by Gasteiger charge is -2.35. The number of carbonyl (C=O) groups is 2. The molecule has 2 aliphatic heterocycles. The number of cyclic esters (lactones) is 1. The van der Waals surface area contributed by atoms with E-state index in [0.29, 0.717) is 47.4 Å². The second kappa shape index (κ2) is 10.6. The molecule has 38 heavy (non-hydrogen) atoms. The number of esters is 2. The molecule has 0 aliphatic carbocycles. The van der Waals surface area contributed by atoms with Crippen molar-refractivity contribution in [2.24, 2.45) is 0 Å². The largest absolute Gasteiger partial charge is 0.508 e. The van der Waals surface area contributed by atoms with Crippen molar-refractivity contribution in [3.05, 3.63) is 56.9 Å². The van der Waals surface area contributed by atoms with Gasteiger partial charge >= 0.3 is 11.9 Å². The van der Waals surface area contributed by atoms with Gasteiger partial charge in [-0.2, -0.15) is 0 Å². The summed E-state index contributed by atoms with van der Waals surface area (Å²) in [5, 5.41) is 10.9. The molecule has 1 N–H and O–H groups in total. The minimum atomic E-state index is -1.68. The van der Waals surface area contributed by atoms with Crippen molar-refractivity contribution in [1.29, 1.82) is 0 Å². The molecule has 0 amide bonds. The van der Waals surface area contributed by atoms with Gasteiger partial charge in [0.2, 0.25) is 5.60 Å². The van der Waals surface area contributed by atoms with E-state index in [4.69, 9.17) is 14.5 Å². The van der Waals surface area contributed by atoms with Crippen molar-refractivity contribution < 1.29 is 24.2 Å². The van der Waals surface area contributed by atoms with Crippen LogP contribution in [0.4, 0.5) is 0 Å². The Bertz CT molecular complexity index is 1500. The Morgan fingerprint density at radius 1 is 1.18 bits per heavy atom. The molecular weight excluding hydrogens is 524 g/mol. The molecule has 0 unspecified atom stereocenters. The Morgan fingerprint density at radius 3 is 2.74 bits per heavy atom. The number of fused-ring (bicyclic) bond motifs is 5. The van der Waals surface area contributed by atoms with Crippen molar-refractivity contribution >= 4 is 44.4 Å². The Kier molecular flexibility index (Phi) is 7.46. The number of aromatic hydroxyl groups is 1. The highest BCUT2D eigenvalue weighted by Crippen LogP contribution is 2.42. The molecule has 0 saturated carbocycles. The number of aryl methyl sites for hydroxylation is 1. The quantitative estimate of drug-likeness (QED) is 0.172. The van der Waals surface area contributed by atoms with Crippen LogP contribution in [0, 0.1) is 0 Å². The molecule has 0 saturated heterocycles. The topological polar surface area (TPSA) is 108 Å². The normalized spacial score (nSPS) is 17.6. The van der Waals surface area contributed by atoms with Crippen molar-refractivity contribution in [3.8, 4) is 17.1 Å². The van der Waals surface area contributed by atoms with Gasteiger partial charge in [-0.1, -0.05) is 42.4 Å². The van der Waals surface area contributed by atoms with E-state index in [-0.39, 0.29) is 30.8 Å². The SMILES string of the molecule is CCSSCCCC(=O)O[C@]1(CC)C(=O)OCc2c1cc1n(c2=O)Cc2c-1nc1ccc(O)cc1c2CC. The summed E-state index contributed by atoms with van der Waals surface area (Å²) in [6, 6.07) is 6.83. The number of aromatic nitrogens is 2. The van der Waals surface area contributed by atoms with Crippen LogP contribution in [-0.4, -0.2) is 38.1 Å². The van der Waals surface area contributed by atoms with Gasteiger partial charge < -0.3 is 19.1 Å². The minimum absolute atomic E-state index is 0.144. The van der Waals surface area contributed by atoms with Crippen LogP contribution in [0.5, 0.6) is 5.75 Å². The maximum atomic E-state index is 13.7. The number of hydrogen-bond donors (Lipinski definition) is 1. The number of carbonyl (C=O) groups excluding carboxylic acids is 2. The molecule has 4 heterocycles. The molecule has 200 valence electrons.